The number of methoxy groups -OCH3 is 1. The molecule has 0 radical (unpaired) electrons. The summed E-state index contributed by atoms with van der Waals surface area (Å²) in [6.07, 6.45) is 2.25. The Morgan fingerprint density at radius 2 is 2.06 bits per heavy atom. The molecular weight excluding hydrogens is 204 g/mol. The van der Waals surface area contributed by atoms with E-state index in [0.29, 0.717) is 19.3 Å². The quantitative estimate of drug-likeness (QED) is 0.654. The van der Waals surface area contributed by atoms with Crippen LogP contribution in [0.25, 0.3) is 0 Å². The zero-order valence-corrected chi connectivity index (χ0v) is 10.7. The molecule has 2 atom stereocenters. The number of piperidine rings is 1. The largest absolute Gasteiger partial charge is 0.382 e. The molecule has 2 unspecified atom stereocenters. The molecule has 0 aromatic rings. The van der Waals surface area contributed by atoms with Gasteiger partial charge in [-0.25, -0.2) is 0 Å². The molecule has 96 valence electrons. The van der Waals surface area contributed by atoms with Crippen LogP contribution in [0.5, 0.6) is 0 Å². The molecule has 1 fully saturated rings. The van der Waals surface area contributed by atoms with Crippen LogP contribution < -0.4 is 5.73 Å². The van der Waals surface area contributed by atoms with E-state index < -0.39 is 0 Å². The molecule has 1 rings (SSSR count). The number of nitrogens with two attached hydrogens (primary N) is 1. The first-order valence-corrected chi connectivity index (χ1v) is 6.27. The smallest absolute Gasteiger partial charge is 0.0700 e. The van der Waals surface area contributed by atoms with Gasteiger partial charge in [-0.2, -0.15) is 0 Å². The van der Waals surface area contributed by atoms with Gasteiger partial charge in [0.25, 0.3) is 0 Å². The topological polar surface area (TPSA) is 47.7 Å². The van der Waals surface area contributed by atoms with E-state index in [4.69, 9.17) is 15.2 Å². The van der Waals surface area contributed by atoms with Crippen molar-refractivity contribution in [3.8, 4) is 0 Å². The molecule has 16 heavy (non-hydrogen) atoms. The van der Waals surface area contributed by atoms with Gasteiger partial charge < -0.3 is 20.1 Å². The Morgan fingerprint density at radius 1 is 1.25 bits per heavy atom. The van der Waals surface area contributed by atoms with Crippen molar-refractivity contribution >= 4 is 0 Å². The lowest BCUT2D eigenvalue weighted by atomic mass is 9.96. The summed E-state index contributed by atoms with van der Waals surface area (Å²) >= 11 is 0. The van der Waals surface area contributed by atoms with Crippen molar-refractivity contribution < 1.29 is 9.47 Å². The summed E-state index contributed by atoms with van der Waals surface area (Å²) in [5, 5.41) is 0. The van der Waals surface area contributed by atoms with Crippen molar-refractivity contribution in [1.82, 2.24) is 4.90 Å². The first-order chi connectivity index (χ1) is 7.72. The standard InChI is InChI=1S/C12H26N2O2/c1-11-8-12(13)10-14(9-11)4-3-5-16-7-6-15-2/h11-12H,3-10,13H2,1-2H3. The molecule has 0 spiro atoms. The fraction of sp³-hybridized carbons (Fsp3) is 1.00. The molecule has 1 aliphatic rings. The second kappa shape index (κ2) is 8.01. The van der Waals surface area contributed by atoms with Crippen LogP contribution in [0.3, 0.4) is 0 Å². The zero-order chi connectivity index (χ0) is 11.8. The molecule has 0 saturated carbocycles. The molecule has 0 amide bonds. The van der Waals surface area contributed by atoms with Crippen LogP contribution in [0, 0.1) is 5.92 Å². The van der Waals surface area contributed by atoms with Crippen molar-refractivity contribution in [3.05, 3.63) is 0 Å². The number of likely N-dealkylation sites (tertiary alicyclic amines) is 1. The normalized spacial score (nSPS) is 27.2. The predicted octanol–water partition coefficient (Wildman–Crippen LogP) is 0.709. The number of nitrogens with zero attached hydrogens (tertiary/aromatic N) is 1. The van der Waals surface area contributed by atoms with E-state index in [0.717, 1.165) is 32.0 Å². The van der Waals surface area contributed by atoms with Crippen molar-refractivity contribution in [2.75, 3.05) is 46.6 Å². The average Bonchev–Trinajstić information content (AvgIpc) is 2.22. The van der Waals surface area contributed by atoms with E-state index in [9.17, 15) is 0 Å². The van der Waals surface area contributed by atoms with E-state index >= 15 is 0 Å². The summed E-state index contributed by atoms with van der Waals surface area (Å²) < 4.78 is 10.4. The molecular formula is C12H26N2O2. The highest BCUT2D eigenvalue weighted by atomic mass is 16.5. The van der Waals surface area contributed by atoms with Gasteiger partial charge in [-0.1, -0.05) is 6.92 Å². The monoisotopic (exact) mass is 230 g/mol. The highest BCUT2D eigenvalue weighted by Gasteiger charge is 2.21. The minimum absolute atomic E-state index is 0.359. The summed E-state index contributed by atoms with van der Waals surface area (Å²) in [6, 6.07) is 0.359. The van der Waals surface area contributed by atoms with E-state index in [1.165, 1.54) is 13.0 Å². The first kappa shape index (κ1) is 13.9. The van der Waals surface area contributed by atoms with Crippen molar-refractivity contribution in [3.63, 3.8) is 0 Å². The van der Waals surface area contributed by atoms with Crippen LogP contribution >= 0.6 is 0 Å². The molecule has 2 N–H and O–H groups in total. The average molecular weight is 230 g/mol. The SMILES string of the molecule is COCCOCCCN1CC(C)CC(N)C1. The number of hydrogen-bond donors (Lipinski definition) is 1. The Morgan fingerprint density at radius 3 is 2.75 bits per heavy atom. The van der Waals surface area contributed by atoms with E-state index in [-0.39, 0.29) is 0 Å². The van der Waals surface area contributed by atoms with Crippen LogP contribution in [0.1, 0.15) is 19.8 Å². The van der Waals surface area contributed by atoms with Crippen molar-refractivity contribution in [2.45, 2.75) is 25.8 Å². The third-order valence-electron chi connectivity index (χ3n) is 2.96. The van der Waals surface area contributed by atoms with Gasteiger partial charge in [0, 0.05) is 39.4 Å². The first-order valence-electron chi connectivity index (χ1n) is 6.27. The summed E-state index contributed by atoms with van der Waals surface area (Å²) in [6.45, 7) is 7.82. The molecule has 1 heterocycles. The number of hydrogen-bond acceptors (Lipinski definition) is 4. The maximum atomic E-state index is 6.00. The Bertz CT molecular complexity index is 168. The summed E-state index contributed by atoms with van der Waals surface area (Å²) in [4.78, 5) is 2.46. The van der Waals surface area contributed by atoms with Gasteiger partial charge in [-0.15, -0.1) is 0 Å². The third kappa shape index (κ3) is 5.80. The van der Waals surface area contributed by atoms with Gasteiger partial charge in [0.2, 0.25) is 0 Å². The molecule has 0 aromatic carbocycles. The van der Waals surface area contributed by atoms with E-state index in [1.54, 1.807) is 7.11 Å². The Balaban J connectivity index is 1.99. The lowest BCUT2D eigenvalue weighted by Crippen LogP contribution is -2.46. The van der Waals surface area contributed by atoms with Crippen LogP contribution in [-0.2, 0) is 9.47 Å². The van der Waals surface area contributed by atoms with Gasteiger partial charge >= 0.3 is 0 Å². The second-order valence-electron chi connectivity index (χ2n) is 4.82. The van der Waals surface area contributed by atoms with E-state index in [1.807, 2.05) is 0 Å². The van der Waals surface area contributed by atoms with Gasteiger partial charge in [0.05, 0.1) is 13.2 Å². The lowest BCUT2D eigenvalue weighted by molar-refractivity contribution is 0.0619. The minimum atomic E-state index is 0.359. The summed E-state index contributed by atoms with van der Waals surface area (Å²) in [7, 11) is 1.69. The molecule has 4 nitrogen and oxygen atoms in total. The molecule has 0 aliphatic carbocycles. The summed E-state index contributed by atoms with van der Waals surface area (Å²) in [5.74, 6) is 0.734. The van der Waals surface area contributed by atoms with E-state index in [2.05, 4.69) is 11.8 Å². The fourth-order valence-electron chi connectivity index (χ4n) is 2.33. The Kier molecular flexibility index (Phi) is 6.96. The van der Waals surface area contributed by atoms with Gasteiger partial charge in [-0.05, 0) is 18.8 Å². The molecule has 1 aliphatic heterocycles. The highest BCUT2D eigenvalue weighted by molar-refractivity contribution is 4.78. The van der Waals surface area contributed by atoms with Gasteiger partial charge in [0.1, 0.15) is 0 Å². The zero-order valence-electron chi connectivity index (χ0n) is 10.7. The molecule has 1 saturated heterocycles. The Hall–Kier alpha value is -0.160. The maximum Gasteiger partial charge on any atom is 0.0700 e. The second-order valence-corrected chi connectivity index (χ2v) is 4.82. The fourth-order valence-corrected chi connectivity index (χ4v) is 2.33. The van der Waals surface area contributed by atoms with Crippen molar-refractivity contribution in [1.29, 1.82) is 0 Å². The van der Waals surface area contributed by atoms with Gasteiger partial charge in [0.15, 0.2) is 0 Å². The number of ether oxygens (including phenoxy) is 2. The van der Waals surface area contributed by atoms with Crippen LogP contribution in [0.15, 0.2) is 0 Å². The minimum Gasteiger partial charge on any atom is -0.382 e. The molecule has 0 bridgehead atoms. The summed E-state index contributed by atoms with van der Waals surface area (Å²) in [5.41, 5.74) is 6.00. The highest BCUT2D eigenvalue weighted by Crippen LogP contribution is 2.14. The maximum absolute atomic E-state index is 6.00. The van der Waals surface area contributed by atoms with Crippen LogP contribution in [0.2, 0.25) is 0 Å². The van der Waals surface area contributed by atoms with Crippen molar-refractivity contribution in [2.24, 2.45) is 11.7 Å². The van der Waals surface area contributed by atoms with Gasteiger partial charge in [-0.3, -0.25) is 0 Å². The van der Waals surface area contributed by atoms with Crippen LogP contribution in [0.4, 0.5) is 0 Å². The molecule has 0 aromatic heterocycles. The number of rotatable bonds is 7. The van der Waals surface area contributed by atoms with Crippen LogP contribution in [-0.4, -0.2) is 57.5 Å². The lowest BCUT2D eigenvalue weighted by Gasteiger charge is -2.34. The predicted molar refractivity (Wildman–Crippen MR) is 65.5 cm³/mol. The molecule has 4 heteroatoms. The Labute approximate surface area is 99.1 Å². The third-order valence-corrected chi connectivity index (χ3v) is 2.96.